The molecule has 124 valence electrons. The Labute approximate surface area is 146 Å². The summed E-state index contributed by atoms with van der Waals surface area (Å²) in [5.41, 5.74) is 3.03. The standard InChI is InChI=1S/C18H13FN4OS/c1-10-15(25-17(20-10)11-6-8-12(19)9-7-11)16(24)23-18-21-13-4-2-3-5-14(13)22-18/h2-9H,1H3,(H2,21,22,23,24). The predicted molar refractivity (Wildman–Crippen MR) is 96.3 cm³/mol. The molecule has 0 unspecified atom stereocenters. The number of rotatable bonds is 3. The highest BCUT2D eigenvalue weighted by Crippen LogP contribution is 2.28. The zero-order chi connectivity index (χ0) is 17.4. The molecule has 5 nitrogen and oxygen atoms in total. The van der Waals surface area contributed by atoms with Gasteiger partial charge in [0, 0.05) is 5.56 Å². The van der Waals surface area contributed by atoms with Crippen molar-refractivity contribution < 1.29 is 9.18 Å². The molecule has 0 aliphatic carbocycles. The first kappa shape index (κ1) is 15.5. The summed E-state index contributed by atoms with van der Waals surface area (Å²) in [5, 5.41) is 3.44. The van der Waals surface area contributed by atoms with Crippen LogP contribution in [-0.4, -0.2) is 20.9 Å². The van der Waals surface area contributed by atoms with Gasteiger partial charge in [0.2, 0.25) is 5.95 Å². The number of nitrogens with one attached hydrogen (secondary N) is 2. The van der Waals surface area contributed by atoms with Gasteiger partial charge in [0.1, 0.15) is 15.7 Å². The number of carbonyl (C=O) groups is 1. The zero-order valence-electron chi connectivity index (χ0n) is 13.2. The highest BCUT2D eigenvalue weighted by atomic mass is 32.1. The number of imidazole rings is 1. The van der Waals surface area contributed by atoms with Gasteiger partial charge in [-0.25, -0.2) is 14.4 Å². The van der Waals surface area contributed by atoms with Gasteiger partial charge in [-0.05, 0) is 43.3 Å². The molecule has 1 amide bonds. The van der Waals surface area contributed by atoms with Crippen molar-refractivity contribution in [3.63, 3.8) is 0 Å². The van der Waals surface area contributed by atoms with Gasteiger partial charge in [-0.15, -0.1) is 11.3 Å². The van der Waals surface area contributed by atoms with E-state index in [9.17, 15) is 9.18 Å². The van der Waals surface area contributed by atoms with E-state index in [1.54, 1.807) is 19.1 Å². The second-order valence-corrected chi connectivity index (χ2v) is 6.50. The van der Waals surface area contributed by atoms with Crippen LogP contribution < -0.4 is 5.32 Å². The van der Waals surface area contributed by atoms with Crippen LogP contribution >= 0.6 is 11.3 Å². The number of H-pyrrole nitrogens is 1. The van der Waals surface area contributed by atoms with Crippen molar-refractivity contribution in [2.75, 3.05) is 5.32 Å². The van der Waals surface area contributed by atoms with Crippen LogP contribution in [0.2, 0.25) is 0 Å². The molecule has 7 heteroatoms. The second-order valence-electron chi connectivity index (χ2n) is 5.50. The molecule has 0 radical (unpaired) electrons. The Bertz CT molecular complexity index is 1040. The van der Waals surface area contributed by atoms with Gasteiger partial charge in [0.25, 0.3) is 5.91 Å². The number of aromatic amines is 1. The van der Waals surface area contributed by atoms with E-state index in [1.807, 2.05) is 24.3 Å². The Morgan fingerprint density at radius 1 is 1.12 bits per heavy atom. The minimum absolute atomic E-state index is 0.276. The van der Waals surface area contributed by atoms with E-state index in [0.717, 1.165) is 16.6 Å². The van der Waals surface area contributed by atoms with Gasteiger partial charge in [0.15, 0.2) is 0 Å². The molecule has 2 heterocycles. The molecule has 0 atom stereocenters. The van der Waals surface area contributed by atoms with Crippen molar-refractivity contribution in [3.05, 3.63) is 64.9 Å². The summed E-state index contributed by atoms with van der Waals surface area (Å²) in [6.07, 6.45) is 0. The van der Waals surface area contributed by atoms with Crippen LogP contribution in [0.5, 0.6) is 0 Å². The number of carbonyl (C=O) groups excluding carboxylic acids is 1. The van der Waals surface area contributed by atoms with Crippen LogP contribution in [0.25, 0.3) is 21.6 Å². The molecule has 0 bridgehead atoms. The first-order valence-corrected chi connectivity index (χ1v) is 8.41. The Kier molecular flexibility index (Phi) is 3.77. The number of aryl methyl sites for hydroxylation is 1. The first-order valence-electron chi connectivity index (χ1n) is 7.59. The van der Waals surface area contributed by atoms with Crippen LogP contribution in [0.4, 0.5) is 10.3 Å². The summed E-state index contributed by atoms with van der Waals surface area (Å²) >= 11 is 1.27. The molecule has 4 rings (SSSR count). The smallest absolute Gasteiger partial charge is 0.269 e. The van der Waals surface area contributed by atoms with Crippen LogP contribution in [0.15, 0.2) is 48.5 Å². The fourth-order valence-electron chi connectivity index (χ4n) is 2.50. The zero-order valence-corrected chi connectivity index (χ0v) is 14.0. The van der Waals surface area contributed by atoms with Crippen molar-refractivity contribution >= 4 is 34.2 Å². The lowest BCUT2D eigenvalue weighted by Gasteiger charge is -1.99. The topological polar surface area (TPSA) is 70.7 Å². The van der Waals surface area contributed by atoms with Crippen molar-refractivity contribution in [1.82, 2.24) is 15.0 Å². The third-order valence-corrected chi connectivity index (χ3v) is 4.92. The summed E-state index contributed by atoms with van der Waals surface area (Å²) in [4.78, 5) is 24.9. The summed E-state index contributed by atoms with van der Waals surface area (Å²) in [5.74, 6) is -0.190. The van der Waals surface area contributed by atoms with Gasteiger partial charge >= 0.3 is 0 Å². The highest BCUT2D eigenvalue weighted by Gasteiger charge is 2.17. The molecule has 2 aromatic heterocycles. The van der Waals surface area contributed by atoms with Crippen molar-refractivity contribution in [3.8, 4) is 10.6 Å². The lowest BCUT2D eigenvalue weighted by molar-refractivity contribution is 0.102. The first-order chi connectivity index (χ1) is 12.1. The van der Waals surface area contributed by atoms with Crippen LogP contribution in [0.1, 0.15) is 15.4 Å². The minimum atomic E-state index is -0.306. The third kappa shape index (κ3) is 3.01. The fraction of sp³-hybridized carbons (Fsp3) is 0.0556. The van der Waals surface area contributed by atoms with Crippen LogP contribution in [0.3, 0.4) is 0 Å². The molecule has 2 aromatic carbocycles. The number of hydrogen-bond acceptors (Lipinski definition) is 4. The van der Waals surface area contributed by atoms with Crippen LogP contribution in [-0.2, 0) is 0 Å². The molecule has 0 fully saturated rings. The molecule has 0 spiro atoms. The molecule has 0 aliphatic heterocycles. The van der Waals surface area contributed by atoms with Gasteiger partial charge in [-0.1, -0.05) is 12.1 Å². The average molecular weight is 352 g/mol. The van der Waals surface area contributed by atoms with Crippen LogP contribution in [0, 0.1) is 12.7 Å². The Morgan fingerprint density at radius 2 is 1.88 bits per heavy atom. The molecule has 4 aromatic rings. The molecule has 0 saturated carbocycles. The fourth-order valence-corrected chi connectivity index (χ4v) is 3.47. The molecular weight excluding hydrogens is 339 g/mol. The minimum Gasteiger partial charge on any atom is -0.324 e. The number of benzene rings is 2. The number of para-hydroxylation sites is 2. The maximum absolute atomic E-state index is 13.1. The van der Waals surface area contributed by atoms with E-state index >= 15 is 0 Å². The number of thiazole rings is 1. The van der Waals surface area contributed by atoms with E-state index in [0.29, 0.717) is 21.5 Å². The van der Waals surface area contributed by atoms with E-state index < -0.39 is 0 Å². The molecule has 2 N–H and O–H groups in total. The largest absolute Gasteiger partial charge is 0.324 e. The SMILES string of the molecule is Cc1nc(-c2ccc(F)cc2)sc1C(=O)Nc1nc2ccccc2[nH]1. The monoisotopic (exact) mass is 352 g/mol. The summed E-state index contributed by atoms with van der Waals surface area (Å²) in [6, 6.07) is 13.6. The highest BCUT2D eigenvalue weighted by molar-refractivity contribution is 7.17. The molecule has 0 saturated heterocycles. The van der Waals surface area contributed by atoms with Gasteiger partial charge < -0.3 is 4.98 Å². The number of halogens is 1. The van der Waals surface area contributed by atoms with Gasteiger partial charge in [-0.2, -0.15) is 0 Å². The van der Waals surface area contributed by atoms with Crippen molar-refractivity contribution in [2.24, 2.45) is 0 Å². The predicted octanol–water partition coefficient (Wildman–Crippen LogP) is 4.39. The summed E-state index contributed by atoms with van der Waals surface area (Å²) in [6.45, 7) is 1.77. The summed E-state index contributed by atoms with van der Waals surface area (Å²) in [7, 11) is 0. The number of aromatic nitrogens is 3. The van der Waals surface area contributed by atoms with Crippen molar-refractivity contribution in [1.29, 1.82) is 0 Å². The number of fused-ring (bicyclic) bond motifs is 1. The van der Waals surface area contributed by atoms with E-state index in [1.165, 1.54) is 23.5 Å². The lowest BCUT2D eigenvalue weighted by Crippen LogP contribution is -2.12. The van der Waals surface area contributed by atoms with E-state index in [-0.39, 0.29) is 11.7 Å². The molecule has 25 heavy (non-hydrogen) atoms. The molecular formula is C18H13FN4OS. The van der Waals surface area contributed by atoms with Crippen molar-refractivity contribution in [2.45, 2.75) is 6.92 Å². The summed E-state index contributed by atoms with van der Waals surface area (Å²) < 4.78 is 13.1. The molecule has 0 aliphatic rings. The Hall–Kier alpha value is -3.06. The number of hydrogen-bond donors (Lipinski definition) is 2. The van der Waals surface area contributed by atoms with Gasteiger partial charge in [0.05, 0.1) is 16.7 Å². The Balaban J connectivity index is 1.60. The number of amides is 1. The maximum atomic E-state index is 13.1. The second kappa shape index (κ2) is 6.10. The third-order valence-electron chi connectivity index (χ3n) is 3.72. The van der Waals surface area contributed by atoms with E-state index in [4.69, 9.17) is 0 Å². The Morgan fingerprint density at radius 3 is 2.64 bits per heavy atom. The lowest BCUT2D eigenvalue weighted by atomic mass is 10.2. The normalized spacial score (nSPS) is 11.0. The number of nitrogens with zero attached hydrogens (tertiary/aromatic N) is 2. The average Bonchev–Trinajstić information content (AvgIpc) is 3.18. The maximum Gasteiger partial charge on any atom is 0.269 e. The number of anilines is 1. The quantitative estimate of drug-likeness (QED) is 0.574. The van der Waals surface area contributed by atoms with E-state index in [2.05, 4.69) is 20.3 Å². The van der Waals surface area contributed by atoms with Gasteiger partial charge in [-0.3, -0.25) is 10.1 Å².